The lowest BCUT2D eigenvalue weighted by Crippen LogP contribution is -2.23. The summed E-state index contributed by atoms with van der Waals surface area (Å²) in [4.78, 5) is 15.1. The van der Waals surface area contributed by atoms with Gasteiger partial charge in [-0.2, -0.15) is 11.8 Å². The van der Waals surface area contributed by atoms with Gasteiger partial charge in [-0.1, -0.05) is 32.0 Å². The van der Waals surface area contributed by atoms with Crippen LogP contribution < -0.4 is 5.32 Å². The van der Waals surface area contributed by atoms with Crippen LogP contribution in [0.4, 0.5) is 5.82 Å². The topological polar surface area (TPSA) is 44.3 Å². The summed E-state index contributed by atoms with van der Waals surface area (Å²) in [5.41, 5.74) is 5.02. The van der Waals surface area contributed by atoms with E-state index < -0.39 is 0 Å². The number of rotatable bonds is 10. The predicted octanol–water partition coefficient (Wildman–Crippen LogP) is 4.67. The maximum absolute atomic E-state index is 5.02. The lowest BCUT2D eigenvalue weighted by molar-refractivity contribution is 0.296. The van der Waals surface area contributed by atoms with Crippen molar-refractivity contribution >= 4 is 17.6 Å². The number of thioether (sulfide) groups is 1. The standard InChI is InChI=1S/C25H37N5S/c1-3-29(4-2)18-20-9-7-10-21(17-20)24-27-23-11-16-31-19-22(23)25(28-24)26-12-8-15-30-13-5-6-14-30/h7,9-10,17H,3-6,8,11-16,18-19H2,1-2H3,(H,26,27,28). The van der Waals surface area contributed by atoms with Crippen molar-refractivity contribution in [1.82, 2.24) is 19.8 Å². The molecule has 2 aliphatic rings. The third-order valence-electron chi connectivity index (χ3n) is 6.45. The summed E-state index contributed by atoms with van der Waals surface area (Å²) < 4.78 is 0. The van der Waals surface area contributed by atoms with Crippen LogP contribution in [0.2, 0.25) is 0 Å². The van der Waals surface area contributed by atoms with Crippen molar-refractivity contribution in [2.45, 2.75) is 51.8 Å². The Morgan fingerprint density at radius 2 is 1.97 bits per heavy atom. The minimum atomic E-state index is 0.870. The Morgan fingerprint density at radius 3 is 2.77 bits per heavy atom. The molecule has 168 valence electrons. The Bertz CT molecular complexity index is 846. The molecule has 0 spiro atoms. The molecule has 0 aliphatic carbocycles. The fourth-order valence-electron chi connectivity index (χ4n) is 4.54. The summed E-state index contributed by atoms with van der Waals surface area (Å²) >= 11 is 1.99. The summed E-state index contributed by atoms with van der Waals surface area (Å²) in [6.45, 7) is 12.3. The molecular weight excluding hydrogens is 402 g/mol. The van der Waals surface area contributed by atoms with Crippen LogP contribution >= 0.6 is 11.8 Å². The number of hydrogen-bond donors (Lipinski definition) is 1. The first-order valence-corrected chi connectivity index (χ1v) is 13.2. The van der Waals surface area contributed by atoms with Gasteiger partial charge in [0.15, 0.2) is 5.82 Å². The molecule has 2 aromatic rings. The highest BCUT2D eigenvalue weighted by atomic mass is 32.2. The molecule has 2 aliphatic heterocycles. The highest BCUT2D eigenvalue weighted by molar-refractivity contribution is 7.98. The molecule has 1 fully saturated rings. The summed E-state index contributed by atoms with van der Waals surface area (Å²) in [5, 5.41) is 3.67. The van der Waals surface area contributed by atoms with E-state index in [2.05, 4.69) is 53.2 Å². The smallest absolute Gasteiger partial charge is 0.161 e. The monoisotopic (exact) mass is 439 g/mol. The number of nitrogens with zero attached hydrogens (tertiary/aromatic N) is 4. The third kappa shape index (κ3) is 5.99. The molecule has 5 nitrogen and oxygen atoms in total. The Morgan fingerprint density at radius 1 is 1.13 bits per heavy atom. The summed E-state index contributed by atoms with van der Waals surface area (Å²) in [6, 6.07) is 8.79. The number of aromatic nitrogens is 2. The lowest BCUT2D eigenvalue weighted by Gasteiger charge is -2.21. The van der Waals surface area contributed by atoms with Crippen LogP contribution in [-0.4, -0.2) is 64.8 Å². The van der Waals surface area contributed by atoms with E-state index in [4.69, 9.17) is 9.97 Å². The SMILES string of the molecule is CCN(CC)Cc1cccc(-c2nc3c(c(NCCCN4CCCC4)n2)CSCC3)c1. The van der Waals surface area contributed by atoms with Crippen LogP contribution in [0, 0.1) is 0 Å². The first-order chi connectivity index (χ1) is 15.3. The Labute approximate surface area is 192 Å². The molecule has 3 heterocycles. The van der Waals surface area contributed by atoms with E-state index in [9.17, 15) is 0 Å². The summed E-state index contributed by atoms with van der Waals surface area (Å²) in [6.07, 6.45) is 4.93. The zero-order valence-corrected chi connectivity index (χ0v) is 20.0. The van der Waals surface area contributed by atoms with E-state index >= 15 is 0 Å². The number of hydrogen-bond acceptors (Lipinski definition) is 6. The normalized spacial score (nSPS) is 16.6. The molecule has 0 radical (unpaired) electrons. The molecule has 4 rings (SSSR count). The number of nitrogens with one attached hydrogen (secondary N) is 1. The molecule has 1 aromatic heterocycles. The van der Waals surface area contributed by atoms with Crippen molar-refractivity contribution in [2.75, 3.05) is 50.3 Å². The molecule has 0 unspecified atom stereocenters. The molecule has 0 saturated carbocycles. The second-order valence-corrected chi connectivity index (χ2v) is 9.72. The van der Waals surface area contributed by atoms with Crippen molar-refractivity contribution in [3.8, 4) is 11.4 Å². The molecule has 0 amide bonds. The van der Waals surface area contributed by atoms with Crippen LogP contribution in [0.15, 0.2) is 24.3 Å². The Hall–Kier alpha value is -1.63. The van der Waals surface area contributed by atoms with Gasteiger partial charge in [0.05, 0.1) is 5.69 Å². The fraction of sp³-hybridized carbons (Fsp3) is 0.600. The van der Waals surface area contributed by atoms with Gasteiger partial charge in [0.1, 0.15) is 5.82 Å². The summed E-state index contributed by atoms with van der Waals surface area (Å²) in [7, 11) is 0. The van der Waals surface area contributed by atoms with Crippen molar-refractivity contribution < 1.29 is 0 Å². The third-order valence-corrected chi connectivity index (χ3v) is 7.44. The summed E-state index contributed by atoms with van der Waals surface area (Å²) in [5.74, 6) is 4.10. The van der Waals surface area contributed by atoms with Gasteiger partial charge in [0.2, 0.25) is 0 Å². The molecule has 0 bridgehead atoms. The van der Waals surface area contributed by atoms with Crippen LogP contribution in [-0.2, 0) is 18.7 Å². The fourth-order valence-corrected chi connectivity index (χ4v) is 5.53. The minimum absolute atomic E-state index is 0.870. The van der Waals surface area contributed by atoms with Crippen LogP contribution in [0.5, 0.6) is 0 Å². The van der Waals surface area contributed by atoms with Crippen molar-refractivity contribution in [3.63, 3.8) is 0 Å². The van der Waals surface area contributed by atoms with E-state index in [1.807, 2.05) is 11.8 Å². The average molecular weight is 440 g/mol. The molecule has 1 aromatic carbocycles. The van der Waals surface area contributed by atoms with Crippen LogP contribution in [0.3, 0.4) is 0 Å². The largest absolute Gasteiger partial charge is 0.370 e. The zero-order valence-electron chi connectivity index (χ0n) is 19.2. The minimum Gasteiger partial charge on any atom is -0.370 e. The molecule has 1 N–H and O–H groups in total. The molecule has 1 saturated heterocycles. The van der Waals surface area contributed by atoms with Gasteiger partial charge in [0.25, 0.3) is 0 Å². The first-order valence-electron chi connectivity index (χ1n) is 12.0. The van der Waals surface area contributed by atoms with Gasteiger partial charge in [0, 0.05) is 30.0 Å². The average Bonchev–Trinajstić information content (AvgIpc) is 3.34. The van der Waals surface area contributed by atoms with Gasteiger partial charge in [-0.3, -0.25) is 4.90 Å². The molecule has 0 atom stereocenters. The Kier molecular flexibility index (Phi) is 8.22. The molecule has 31 heavy (non-hydrogen) atoms. The second kappa shape index (κ2) is 11.3. The highest BCUT2D eigenvalue weighted by Gasteiger charge is 2.19. The van der Waals surface area contributed by atoms with E-state index in [0.717, 1.165) is 61.3 Å². The van der Waals surface area contributed by atoms with Gasteiger partial charge in [-0.25, -0.2) is 9.97 Å². The Balaban J connectivity index is 1.50. The van der Waals surface area contributed by atoms with Gasteiger partial charge >= 0.3 is 0 Å². The van der Waals surface area contributed by atoms with Gasteiger partial charge < -0.3 is 10.2 Å². The maximum atomic E-state index is 5.02. The highest BCUT2D eigenvalue weighted by Crippen LogP contribution is 2.31. The number of anilines is 1. The predicted molar refractivity (Wildman–Crippen MR) is 133 cm³/mol. The first kappa shape index (κ1) is 22.6. The van der Waals surface area contributed by atoms with Crippen LogP contribution in [0.1, 0.15) is 49.9 Å². The van der Waals surface area contributed by atoms with Crippen molar-refractivity contribution in [2.24, 2.45) is 0 Å². The van der Waals surface area contributed by atoms with E-state index in [-0.39, 0.29) is 0 Å². The van der Waals surface area contributed by atoms with Gasteiger partial charge in [-0.15, -0.1) is 0 Å². The maximum Gasteiger partial charge on any atom is 0.161 e. The van der Waals surface area contributed by atoms with E-state index in [0.29, 0.717) is 0 Å². The number of likely N-dealkylation sites (tertiary alicyclic amines) is 1. The van der Waals surface area contributed by atoms with Crippen molar-refractivity contribution in [3.05, 3.63) is 41.1 Å². The van der Waals surface area contributed by atoms with E-state index in [1.54, 1.807) is 0 Å². The molecule has 6 heteroatoms. The number of aryl methyl sites for hydroxylation is 1. The number of fused-ring (bicyclic) bond motifs is 1. The quantitative estimate of drug-likeness (QED) is 0.543. The zero-order chi connectivity index (χ0) is 21.5. The lowest BCUT2D eigenvalue weighted by atomic mass is 10.1. The van der Waals surface area contributed by atoms with Gasteiger partial charge in [-0.05, 0) is 75.8 Å². The van der Waals surface area contributed by atoms with E-state index in [1.165, 1.54) is 55.7 Å². The molecular formula is C25H37N5S. The van der Waals surface area contributed by atoms with Crippen molar-refractivity contribution in [1.29, 1.82) is 0 Å². The number of benzene rings is 1. The van der Waals surface area contributed by atoms with Crippen LogP contribution in [0.25, 0.3) is 11.4 Å². The second-order valence-electron chi connectivity index (χ2n) is 8.61.